The monoisotopic (exact) mass is 324 g/mol. The van der Waals surface area contributed by atoms with Crippen LogP contribution < -0.4 is 0 Å². The highest BCUT2D eigenvalue weighted by atomic mass is 16.2. The van der Waals surface area contributed by atoms with Gasteiger partial charge >= 0.3 is 0 Å². The molecule has 7 nitrogen and oxygen atoms in total. The topological polar surface area (TPSA) is 68.3 Å². The summed E-state index contributed by atoms with van der Waals surface area (Å²) in [5.41, 5.74) is 1.44. The standard InChI is InChI=1S/C17H20N6O/c1-13-19-20-16-7-6-14(11-23(13)16)17(24)22-10-3-2-5-15(22)12-21-9-4-8-18-21/h4,6-9,11,15H,2-3,5,10,12H2,1H3/t15-/m1/s1. The third kappa shape index (κ3) is 2.66. The van der Waals surface area contributed by atoms with Gasteiger partial charge in [-0.2, -0.15) is 5.10 Å². The maximum atomic E-state index is 13.1. The summed E-state index contributed by atoms with van der Waals surface area (Å²) in [7, 11) is 0. The van der Waals surface area contributed by atoms with E-state index in [-0.39, 0.29) is 11.9 Å². The molecule has 3 aromatic rings. The molecule has 7 heteroatoms. The number of hydrogen-bond donors (Lipinski definition) is 0. The van der Waals surface area contributed by atoms with E-state index in [9.17, 15) is 4.79 Å². The first-order chi connectivity index (χ1) is 11.7. The van der Waals surface area contributed by atoms with Crippen molar-refractivity contribution in [1.82, 2.24) is 29.3 Å². The second-order valence-electron chi connectivity index (χ2n) is 6.27. The van der Waals surface area contributed by atoms with Gasteiger partial charge in [-0.05, 0) is 44.4 Å². The molecule has 0 saturated carbocycles. The number of carbonyl (C=O) groups excluding carboxylic acids is 1. The first-order valence-electron chi connectivity index (χ1n) is 8.32. The first kappa shape index (κ1) is 14.9. The smallest absolute Gasteiger partial charge is 0.255 e. The highest BCUT2D eigenvalue weighted by Crippen LogP contribution is 2.21. The molecule has 0 N–H and O–H groups in total. The van der Waals surface area contributed by atoms with E-state index in [1.165, 1.54) is 0 Å². The number of nitrogens with zero attached hydrogens (tertiary/aromatic N) is 6. The van der Waals surface area contributed by atoms with Gasteiger partial charge in [0.05, 0.1) is 18.2 Å². The van der Waals surface area contributed by atoms with Crippen LogP contribution in [0, 0.1) is 6.92 Å². The van der Waals surface area contributed by atoms with Crippen LogP contribution in [0.1, 0.15) is 35.4 Å². The van der Waals surface area contributed by atoms with Gasteiger partial charge in [0.25, 0.3) is 5.91 Å². The minimum absolute atomic E-state index is 0.0712. The van der Waals surface area contributed by atoms with Crippen molar-refractivity contribution >= 4 is 11.6 Å². The lowest BCUT2D eigenvalue weighted by Gasteiger charge is -2.35. The molecule has 0 aromatic carbocycles. The molecule has 0 unspecified atom stereocenters. The van der Waals surface area contributed by atoms with Crippen molar-refractivity contribution in [2.45, 2.75) is 38.8 Å². The third-order valence-electron chi connectivity index (χ3n) is 4.66. The van der Waals surface area contributed by atoms with E-state index in [0.29, 0.717) is 5.56 Å². The summed E-state index contributed by atoms with van der Waals surface area (Å²) < 4.78 is 3.77. The van der Waals surface area contributed by atoms with Gasteiger partial charge in [0, 0.05) is 25.1 Å². The number of pyridine rings is 1. The number of rotatable bonds is 3. The van der Waals surface area contributed by atoms with Crippen LogP contribution in [0.25, 0.3) is 5.65 Å². The lowest BCUT2D eigenvalue weighted by Crippen LogP contribution is -2.46. The van der Waals surface area contributed by atoms with E-state index in [1.54, 1.807) is 6.20 Å². The number of piperidine rings is 1. The summed E-state index contributed by atoms with van der Waals surface area (Å²) in [6.07, 6.45) is 8.78. The van der Waals surface area contributed by atoms with Crippen LogP contribution in [0.4, 0.5) is 0 Å². The summed E-state index contributed by atoms with van der Waals surface area (Å²) in [4.78, 5) is 15.0. The summed E-state index contributed by atoms with van der Waals surface area (Å²) in [6, 6.07) is 5.78. The Hall–Kier alpha value is -2.70. The average molecular weight is 324 g/mol. The van der Waals surface area contributed by atoms with Crippen molar-refractivity contribution in [3.63, 3.8) is 0 Å². The van der Waals surface area contributed by atoms with Crippen LogP contribution in [0.3, 0.4) is 0 Å². The van der Waals surface area contributed by atoms with Gasteiger partial charge in [-0.3, -0.25) is 13.9 Å². The summed E-state index contributed by atoms with van der Waals surface area (Å²) in [5, 5.41) is 12.4. The summed E-state index contributed by atoms with van der Waals surface area (Å²) in [6.45, 7) is 3.42. The molecule has 24 heavy (non-hydrogen) atoms. The largest absolute Gasteiger partial charge is 0.334 e. The second kappa shape index (κ2) is 6.07. The maximum absolute atomic E-state index is 13.1. The molecule has 4 heterocycles. The van der Waals surface area contributed by atoms with Crippen molar-refractivity contribution in [1.29, 1.82) is 0 Å². The number of aromatic nitrogens is 5. The number of fused-ring (bicyclic) bond motifs is 1. The molecule has 1 amide bonds. The molecule has 124 valence electrons. The zero-order valence-electron chi connectivity index (χ0n) is 13.7. The molecule has 0 spiro atoms. The Labute approximate surface area is 139 Å². The van der Waals surface area contributed by atoms with Gasteiger partial charge < -0.3 is 4.90 Å². The summed E-state index contributed by atoms with van der Waals surface area (Å²) in [5.74, 6) is 0.855. The molecule has 1 aliphatic rings. The van der Waals surface area contributed by atoms with Crippen LogP contribution in [0.15, 0.2) is 36.8 Å². The lowest BCUT2D eigenvalue weighted by atomic mass is 10.0. The molecule has 1 fully saturated rings. The lowest BCUT2D eigenvalue weighted by molar-refractivity contribution is 0.0583. The van der Waals surface area contributed by atoms with Crippen LogP contribution in [-0.4, -0.2) is 47.8 Å². The second-order valence-corrected chi connectivity index (χ2v) is 6.27. The van der Waals surface area contributed by atoms with E-state index >= 15 is 0 Å². The fourth-order valence-electron chi connectivity index (χ4n) is 3.38. The van der Waals surface area contributed by atoms with Crippen molar-refractivity contribution < 1.29 is 4.79 Å². The van der Waals surface area contributed by atoms with Gasteiger partial charge in [-0.15, -0.1) is 10.2 Å². The van der Waals surface area contributed by atoms with Crippen LogP contribution in [0.5, 0.6) is 0 Å². The Morgan fingerprint density at radius 2 is 2.21 bits per heavy atom. The highest BCUT2D eigenvalue weighted by Gasteiger charge is 2.28. The fourth-order valence-corrected chi connectivity index (χ4v) is 3.38. The highest BCUT2D eigenvalue weighted by molar-refractivity contribution is 5.94. The summed E-state index contributed by atoms with van der Waals surface area (Å²) >= 11 is 0. The number of carbonyl (C=O) groups is 1. The normalized spacial score (nSPS) is 18.2. The van der Waals surface area contributed by atoms with Crippen molar-refractivity contribution in [2.75, 3.05) is 6.54 Å². The van der Waals surface area contributed by atoms with E-state index in [4.69, 9.17) is 0 Å². The number of aryl methyl sites for hydroxylation is 1. The molecule has 1 saturated heterocycles. The molecule has 0 radical (unpaired) electrons. The zero-order valence-corrected chi connectivity index (χ0v) is 13.7. The van der Waals surface area contributed by atoms with Crippen molar-refractivity contribution in [2.24, 2.45) is 0 Å². The quantitative estimate of drug-likeness (QED) is 0.738. The molecule has 0 bridgehead atoms. The maximum Gasteiger partial charge on any atom is 0.255 e. The molecule has 1 atom stereocenters. The Morgan fingerprint density at radius 3 is 3.04 bits per heavy atom. The first-order valence-corrected chi connectivity index (χ1v) is 8.32. The number of likely N-dealkylation sites (tertiary alicyclic amines) is 1. The predicted octanol–water partition coefficient (Wildman–Crippen LogP) is 1.93. The van der Waals surface area contributed by atoms with Gasteiger partial charge in [0.1, 0.15) is 5.82 Å². The average Bonchev–Trinajstić information content (AvgIpc) is 3.25. The van der Waals surface area contributed by atoms with Crippen LogP contribution in [-0.2, 0) is 6.54 Å². The molecule has 1 aliphatic heterocycles. The molecular weight excluding hydrogens is 304 g/mol. The molecule has 3 aromatic heterocycles. The van der Waals surface area contributed by atoms with E-state index in [0.717, 1.165) is 43.8 Å². The Morgan fingerprint density at radius 1 is 1.29 bits per heavy atom. The minimum Gasteiger partial charge on any atom is -0.334 e. The zero-order chi connectivity index (χ0) is 16.5. The Kier molecular flexibility index (Phi) is 3.76. The molecule has 4 rings (SSSR count). The van der Waals surface area contributed by atoms with Crippen molar-refractivity contribution in [3.05, 3.63) is 48.2 Å². The SMILES string of the molecule is Cc1nnc2ccc(C(=O)N3CCCC[C@@H]3Cn3cccn3)cn12. The van der Waals surface area contributed by atoms with Gasteiger partial charge in [-0.1, -0.05) is 0 Å². The predicted molar refractivity (Wildman–Crippen MR) is 88.6 cm³/mol. The molecular formula is C17H20N6O. The Balaban J connectivity index is 1.61. The van der Waals surface area contributed by atoms with E-state index in [1.807, 2.05) is 51.5 Å². The van der Waals surface area contributed by atoms with Gasteiger partial charge in [0.15, 0.2) is 5.65 Å². The van der Waals surface area contributed by atoms with Gasteiger partial charge in [-0.25, -0.2) is 0 Å². The van der Waals surface area contributed by atoms with Crippen LogP contribution >= 0.6 is 0 Å². The minimum atomic E-state index is 0.0712. The third-order valence-corrected chi connectivity index (χ3v) is 4.66. The van der Waals surface area contributed by atoms with Crippen molar-refractivity contribution in [3.8, 4) is 0 Å². The Bertz CT molecular complexity index is 853. The van der Waals surface area contributed by atoms with Crippen LogP contribution in [0.2, 0.25) is 0 Å². The van der Waals surface area contributed by atoms with Gasteiger partial charge in [0.2, 0.25) is 0 Å². The number of amides is 1. The van der Waals surface area contributed by atoms with E-state index < -0.39 is 0 Å². The van der Waals surface area contributed by atoms with E-state index in [2.05, 4.69) is 15.3 Å². The fraction of sp³-hybridized carbons (Fsp3) is 0.412. The number of hydrogen-bond acceptors (Lipinski definition) is 4. The molecule has 0 aliphatic carbocycles.